The van der Waals surface area contributed by atoms with Gasteiger partial charge in [0.2, 0.25) is 0 Å². The Bertz CT molecular complexity index is 687. The Morgan fingerprint density at radius 2 is 2.35 bits per heavy atom. The highest BCUT2D eigenvalue weighted by atomic mass is 16.3. The molecule has 0 saturated carbocycles. The predicted octanol–water partition coefficient (Wildman–Crippen LogP) is 0.819. The lowest BCUT2D eigenvalue weighted by atomic mass is 9.94. The zero-order valence-electron chi connectivity index (χ0n) is 11.6. The maximum absolute atomic E-state index is 12.6. The molecule has 1 saturated heterocycles. The molecule has 1 aromatic carbocycles. The molecule has 1 fully saturated rings. The van der Waals surface area contributed by atoms with Crippen LogP contribution < -0.4 is 10.9 Å². The summed E-state index contributed by atoms with van der Waals surface area (Å²) in [4.78, 5) is 16.9. The minimum absolute atomic E-state index is 0.0768. The van der Waals surface area contributed by atoms with Gasteiger partial charge in [-0.3, -0.25) is 9.36 Å². The number of aliphatic hydroxyl groups is 1. The fraction of sp³-hybridized carbons (Fsp3) is 0.467. The van der Waals surface area contributed by atoms with E-state index >= 15 is 0 Å². The van der Waals surface area contributed by atoms with Crippen LogP contribution in [0.25, 0.3) is 10.9 Å². The van der Waals surface area contributed by atoms with Gasteiger partial charge in [-0.25, -0.2) is 4.98 Å². The number of hydrogen-bond donors (Lipinski definition) is 2. The summed E-state index contributed by atoms with van der Waals surface area (Å²) in [6.07, 6.45) is 3.17. The van der Waals surface area contributed by atoms with E-state index in [0.29, 0.717) is 23.9 Å². The lowest BCUT2D eigenvalue weighted by Gasteiger charge is -2.33. The number of fused-ring (bicyclic) bond motifs is 1. The number of aryl methyl sites for hydroxylation is 1. The van der Waals surface area contributed by atoms with E-state index in [2.05, 4.69) is 10.3 Å². The first-order valence-electron chi connectivity index (χ1n) is 6.97. The highest BCUT2D eigenvalue weighted by Gasteiger charge is 2.30. The molecule has 20 heavy (non-hydrogen) atoms. The zero-order chi connectivity index (χ0) is 14.2. The van der Waals surface area contributed by atoms with Gasteiger partial charge in [-0.2, -0.15) is 0 Å². The van der Waals surface area contributed by atoms with E-state index in [1.807, 2.05) is 25.1 Å². The third-order valence-corrected chi connectivity index (χ3v) is 3.98. The van der Waals surface area contributed by atoms with Crippen LogP contribution in [0, 0.1) is 6.92 Å². The molecule has 1 aromatic heterocycles. The lowest BCUT2D eigenvalue weighted by molar-refractivity contribution is -0.000249. The first-order valence-corrected chi connectivity index (χ1v) is 6.97. The molecule has 0 unspecified atom stereocenters. The smallest absolute Gasteiger partial charge is 0.261 e. The summed E-state index contributed by atoms with van der Waals surface area (Å²) >= 11 is 0. The molecule has 1 atom stereocenters. The maximum atomic E-state index is 12.6. The molecule has 0 radical (unpaired) electrons. The molecule has 2 heterocycles. The van der Waals surface area contributed by atoms with Gasteiger partial charge in [0, 0.05) is 6.54 Å². The predicted molar refractivity (Wildman–Crippen MR) is 77.8 cm³/mol. The molecular weight excluding hydrogens is 254 g/mol. The van der Waals surface area contributed by atoms with Crippen LogP contribution in [0.5, 0.6) is 0 Å². The van der Waals surface area contributed by atoms with Crippen LogP contribution in [-0.2, 0) is 6.54 Å². The fourth-order valence-corrected chi connectivity index (χ4v) is 2.88. The Kier molecular flexibility index (Phi) is 3.31. The molecule has 106 valence electrons. The minimum Gasteiger partial charge on any atom is -0.387 e. The third-order valence-electron chi connectivity index (χ3n) is 3.98. The summed E-state index contributed by atoms with van der Waals surface area (Å²) in [5.74, 6) is 0. The average Bonchev–Trinajstić information content (AvgIpc) is 2.43. The van der Waals surface area contributed by atoms with E-state index in [0.717, 1.165) is 18.5 Å². The molecule has 0 spiro atoms. The van der Waals surface area contributed by atoms with Crippen molar-refractivity contribution >= 4 is 10.9 Å². The van der Waals surface area contributed by atoms with Crippen molar-refractivity contribution < 1.29 is 5.11 Å². The maximum Gasteiger partial charge on any atom is 0.261 e. The molecule has 1 aliphatic rings. The van der Waals surface area contributed by atoms with E-state index in [-0.39, 0.29) is 12.1 Å². The highest BCUT2D eigenvalue weighted by molar-refractivity contribution is 5.80. The second-order valence-corrected chi connectivity index (χ2v) is 5.65. The summed E-state index contributed by atoms with van der Waals surface area (Å²) in [5.41, 5.74) is 0.690. The van der Waals surface area contributed by atoms with E-state index in [1.54, 1.807) is 0 Å². The Morgan fingerprint density at radius 1 is 1.50 bits per heavy atom. The second-order valence-electron chi connectivity index (χ2n) is 5.65. The van der Waals surface area contributed by atoms with Gasteiger partial charge < -0.3 is 10.4 Å². The lowest BCUT2D eigenvalue weighted by Crippen LogP contribution is -2.49. The summed E-state index contributed by atoms with van der Waals surface area (Å²) < 4.78 is 1.53. The van der Waals surface area contributed by atoms with Crippen molar-refractivity contribution in [2.24, 2.45) is 0 Å². The Hall–Kier alpha value is -1.72. The quantitative estimate of drug-likeness (QED) is 0.850. The number of hydrogen-bond acceptors (Lipinski definition) is 4. The first-order chi connectivity index (χ1) is 9.59. The van der Waals surface area contributed by atoms with Crippen molar-refractivity contribution in [1.29, 1.82) is 0 Å². The topological polar surface area (TPSA) is 67.2 Å². The van der Waals surface area contributed by atoms with Crippen molar-refractivity contribution in [2.45, 2.75) is 31.9 Å². The Balaban J connectivity index is 2.02. The third kappa shape index (κ3) is 2.34. The molecule has 3 rings (SSSR count). The van der Waals surface area contributed by atoms with Gasteiger partial charge in [-0.15, -0.1) is 0 Å². The monoisotopic (exact) mass is 273 g/mol. The molecule has 5 nitrogen and oxygen atoms in total. The number of aromatic nitrogens is 2. The van der Waals surface area contributed by atoms with Gasteiger partial charge in [0.05, 0.1) is 29.4 Å². The number of nitrogens with zero attached hydrogens (tertiary/aromatic N) is 2. The summed E-state index contributed by atoms with van der Waals surface area (Å²) in [5, 5.41) is 14.4. The van der Waals surface area contributed by atoms with Gasteiger partial charge >= 0.3 is 0 Å². The van der Waals surface area contributed by atoms with Crippen LogP contribution in [0.2, 0.25) is 0 Å². The van der Waals surface area contributed by atoms with Gasteiger partial charge in [0.1, 0.15) is 0 Å². The van der Waals surface area contributed by atoms with E-state index in [9.17, 15) is 9.90 Å². The first kappa shape index (κ1) is 13.3. The van der Waals surface area contributed by atoms with Crippen molar-refractivity contribution in [3.05, 3.63) is 40.4 Å². The van der Waals surface area contributed by atoms with Crippen molar-refractivity contribution in [3.63, 3.8) is 0 Å². The standard InChI is InChI=1S/C15H19N3O2/c1-11-4-2-5-12-13(11)14(19)18(10-17-12)9-15(20)6-3-7-16-8-15/h2,4-5,10,16,20H,3,6-9H2,1H3/t15-/m1/s1. The number of β-amino-alcohol motifs (C(OH)–C–C–N with tert-alkyl or cyclic N) is 1. The van der Waals surface area contributed by atoms with Crippen LogP contribution in [-0.4, -0.2) is 33.3 Å². The van der Waals surface area contributed by atoms with E-state index < -0.39 is 5.60 Å². The highest BCUT2D eigenvalue weighted by Crippen LogP contribution is 2.18. The fourth-order valence-electron chi connectivity index (χ4n) is 2.88. The van der Waals surface area contributed by atoms with Crippen molar-refractivity contribution in [2.75, 3.05) is 13.1 Å². The van der Waals surface area contributed by atoms with Crippen LogP contribution >= 0.6 is 0 Å². The van der Waals surface area contributed by atoms with Crippen molar-refractivity contribution in [3.8, 4) is 0 Å². The van der Waals surface area contributed by atoms with Gasteiger partial charge in [0.15, 0.2) is 0 Å². The molecule has 5 heteroatoms. The summed E-state index contributed by atoms with van der Waals surface area (Å²) in [6.45, 7) is 3.64. The minimum atomic E-state index is -0.861. The molecule has 0 bridgehead atoms. The van der Waals surface area contributed by atoms with Crippen LogP contribution in [0.3, 0.4) is 0 Å². The van der Waals surface area contributed by atoms with E-state index in [1.165, 1.54) is 10.9 Å². The van der Waals surface area contributed by atoms with Crippen LogP contribution in [0.4, 0.5) is 0 Å². The normalized spacial score (nSPS) is 23.1. The average molecular weight is 273 g/mol. The van der Waals surface area contributed by atoms with Gasteiger partial charge in [-0.1, -0.05) is 12.1 Å². The van der Waals surface area contributed by atoms with Crippen molar-refractivity contribution in [1.82, 2.24) is 14.9 Å². The van der Waals surface area contributed by atoms with Crippen LogP contribution in [0.1, 0.15) is 18.4 Å². The largest absolute Gasteiger partial charge is 0.387 e. The van der Waals surface area contributed by atoms with E-state index in [4.69, 9.17) is 0 Å². The number of piperidine rings is 1. The number of benzene rings is 1. The zero-order valence-corrected chi connectivity index (χ0v) is 11.6. The van der Waals surface area contributed by atoms with Crippen LogP contribution in [0.15, 0.2) is 29.3 Å². The number of nitrogens with one attached hydrogen (secondary N) is 1. The Labute approximate surface area is 117 Å². The molecule has 2 N–H and O–H groups in total. The molecule has 0 aliphatic carbocycles. The summed E-state index contributed by atoms with van der Waals surface area (Å²) in [6, 6.07) is 5.64. The summed E-state index contributed by atoms with van der Waals surface area (Å²) in [7, 11) is 0. The van der Waals surface area contributed by atoms with Gasteiger partial charge in [-0.05, 0) is 37.9 Å². The number of rotatable bonds is 2. The second kappa shape index (κ2) is 5.00. The Morgan fingerprint density at radius 3 is 3.10 bits per heavy atom. The molecule has 1 aliphatic heterocycles. The molecule has 2 aromatic rings. The molecular formula is C15H19N3O2. The van der Waals surface area contributed by atoms with Gasteiger partial charge in [0.25, 0.3) is 5.56 Å². The molecule has 0 amide bonds. The SMILES string of the molecule is Cc1cccc2ncn(C[C@@]3(O)CCCNC3)c(=O)c12.